The van der Waals surface area contributed by atoms with Crippen molar-refractivity contribution in [2.75, 3.05) is 19.7 Å². The number of nitrogens with zero attached hydrogens (tertiary/aromatic N) is 2. The Balaban J connectivity index is 1.38. The Morgan fingerprint density at radius 1 is 1.16 bits per heavy atom. The quantitative estimate of drug-likeness (QED) is 0.721. The molecule has 1 aliphatic carbocycles. The molecule has 2 heterocycles. The van der Waals surface area contributed by atoms with Crippen molar-refractivity contribution in [1.29, 1.82) is 0 Å². The van der Waals surface area contributed by atoms with Gasteiger partial charge in [-0.3, -0.25) is 4.90 Å². The van der Waals surface area contributed by atoms with Gasteiger partial charge in [-0.25, -0.2) is 0 Å². The third kappa shape index (κ3) is 4.80. The number of benzene rings is 1. The minimum Gasteiger partial charge on any atom is -0.377 e. The summed E-state index contributed by atoms with van der Waals surface area (Å²) in [6.07, 6.45) is 9.58. The van der Waals surface area contributed by atoms with Crippen LogP contribution in [0, 0.1) is 0 Å². The fourth-order valence-corrected chi connectivity index (χ4v) is 3.37. The summed E-state index contributed by atoms with van der Waals surface area (Å²) in [4.78, 5) is 2.41. The second kappa shape index (κ2) is 7.98. The van der Waals surface area contributed by atoms with Gasteiger partial charge in [0.2, 0.25) is 0 Å². The molecule has 132 valence electrons. The van der Waals surface area contributed by atoms with Crippen molar-refractivity contribution in [3.8, 4) is 0 Å². The average molecular weight is 338 g/mol. The van der Waals surface area contributed by atoms with E-state index in [0.717, 1.165) is 44.1 Å². The summed E-state index contributed by atoms with van der Waals surface area (Å²) in [7, 11) is 0. The molecular formula is C21H26N2O2. The van der Waals surface area contributed by atoms with E-state index in [9.17, 15) is 0 Å². The molecule has 0 unspecified atom stereocenters. The topological polar surface area (TPSA) is 38.5 Å². The van der Waals surface area contributed by atoms with Crippen LogP contribution in [-0.2, 0) is 11.3 Å². The van der Waals surface area contributed by atoms with E-state index in [4.69, 9.17) is 9.26 Å². The number of aromatic nitrogens is 1. The van der Waals surface area contributed by atoms with Crippen molar-refractivity contribution in [2.45, 2.75) is 44.2 Å². The maximum atomic E-state index is 5.83. The van der Waals surface area contributed by atoms with Crippen molar-refractivity contribution >= 4 is 6.08 Å². The summed E-state index contributed by atoms with van der Waals surface area (Å²) in [6, 6.07) is 12.6. The second-order valence-corrected chi connectivity index (χ2v) is 7.14. The van der Waals surface area contributed by atoms with Crippen LogP contribution in [0.1, 0.15) is 48.6 Å². The molecule has 0 spiro atoms. The third-order valence-corrected chi connectivity index (χ3v) is 4.90. The zero-order valence-corrected chi connectivity index (χ0v) is 14.6. The van der Waals surface area contributed by atoms with Crippen LogP contribution in [0.4, 0.5) is 0 Å². The smallest absolute Gasteiger partial charge is 0.140 e. The summed E-state index contributed by atoms with van der Waals surface area (Å²) < 4.78 is 11.3. The molecule has 1 aromatic carbocycles. The summed E-state index contributed by atoms with van der Waals surface area (Å²) in [5.41, 5.74) is 2.27. The molecular weight excluding hydrogens is 312 g/mol. The predicted octanol–water partition coefficient (Wildman–Crippen LogP) is 4.25. The predicted molar refractivity (Wildman–Crippen MR) is 98.2 cm³/mol. The van der Waals surface area contributed by atoms with E-state index in [1.165, 1.54) is 24.8 Å². The maximum Gasteiger partial charge on any atom is 0.140 e. The molecule has 1 atom stereocenters. The Morgan fingerprint density at radius 3 is 2.80 bits per heavy atom. The van der Waals surface area contributed by atoms with E-state index >= 15 is 0 Å². The summed E-state index contributed by atoms with van der Waals surface area (Å²) >= 11 is 0. The molecule has 2 aliphatic rings. The number of ether oxygens (including phenoxy) is 1. The van der Waals surface area contributed by atoms with Gasteiger partial charge in [-0.15, -0.1) is 0 Å². The van der Waals surface area contributed by atoms with Crippen molar-refractivity contribution in [3.63, 3.8) is 0 Å². The van der Waals surface area contributed by atoms with Crippen LogP contribution in [0.5, 0.6) is 0 Å². The highest BCUT2D eigenvalue weighted by atomic mass is 16.5. The van der Waals surface area contributed by atoms with Gasteiger partial charge < -0.3 is 9.26 Å². The number of hydrogen-bond acceptors (Lipinski definition) is 4. The molecule has 0 N–H and O–H groups in total. The first-order valence-electron chi connectivity index (χ1n) is 9.38. The normalized spacial score (nSPS) is 20.8. The van der Waals surface area contributed by atoms with Gasteiger partial charge >= 0.3 is 0 Å². The number of hydrogen-bond donors (Lipinski definition) is 0. The summed E-state index contributed by atoms with van der Waals surface area (Å²) in [5, 5.41) is 4.28. The largest absolute Gasteiger partial charge is 0.377 e. The van der Waals surface area contributed by atoms with Crippen molar-refractivity contribution < 1.29 is 9.26 Å². The zero-order valence-electron chi connectivity index (χ0n) is 14.6. The minimum absolute atomic E-state index is 0.347. The Morgan fingerprint density at radius 2 is 2.04 bits per heavy atom. The molecule has 4 heteroatoms. The molecule has 4 rings (SSSR count). The lowest BCUT2D eigenvalue weighted by atomic mass is 10.2. The van der Waals surface area contributed by atoms with E-state index in [0.29, 0.717) is 12.0 Å². The molecule has 25 heavy (non-hydrogen) atoms. The molecule has 0 radical (unpaired) electrons. The maximum absolute atomic E-state index is 5.83. The number of rotatable bonds is 8. The minimum atomic E-state index is 0.347. The highest BCUT2D eigenvalue weighted by Crippen LogP contribution is 2.40. The van der Waals surface area contributed by atoms with Crippen LogP contribution in [0.3, 0.4) is 0 Å². The lowest BCUT2D eigenvalue weighted by Gasteiger charge is -2.22. The van der Waals surface area contributed by atoms with E-state index < -0.39 is 0 Å². The van der Waals surface area contributed by atoms with E-state index in [1.54, 1.807) is 0 Å². The Kier molecular flexibility index (Phi) is 5.28. The monoisotopic (exact) mass is 338 g/mol. The van der Waals surface area contributed by atoms with Gasteiger partial charge in [-0.05, 0) is 31.2 Å². The van der Waals surface area contributed by atoms with Gasteiger partial charge in [0.15, 0.2) is 0 Å². The van der Waals surface area contributed by atoms with E-state index in [-0.39, 0.29) is 0 Å². The first-order valence-corrected chi connectivity index (χ1v) is 9.38. The third-order valence-electron chi connectivity index (χ3n) is 4.90. The van der Waals surface area contributed by atoms with Crippen molar-refractivity contribution in [3.05, 3.63) is 59.5 Å². The molecule has 2 fully saturated rings. The molecule has 4 nitrogen and oxygen atoms in total. The van der Waals surface area contributed by atoms with Crippen LogP contribution in [-0.4, -0.2) is 35.9 Å². The lowest BCUT2D eigenvalue weighted by Crippen LogP contribution is -2.32. The fourth-order valence-electron chi connectivity index (χ4n) is 3.37. The van der Waals surface area contributed by atoms with E-state index in [2.05, 4.69) is 52.5 Å². The van der Waals surface area contributed by atoms with Crippen LogP contribution in [0.2, 0.25) is 0 Å². The highest BCUT2D eigenvalue weighted by Gasteiger charge is 2.28. The Bertz CT molecular complexity index is 685. The van der Waals surface area contributed by atoms with Crippen LogP contribution < -0.4 is 0 Å². The molecule has 1 aromatic heterocycles. The average Bonchev–Trinajstić information content (AvgIpc) is 3.16. The molecule has 1 saturated heterocycles. The van der Waals surface area contributed by atoms with Gasteiger partial charge in [-0.2, -0.15) is 0 Å². The molecule has 1 aliphatic heterocycles. The molecule has 2 aromatic rings. The lowest BCUT2D eigenvalue weighted by molar-refractivity contribution is 0.0740. The molecule has 0 bridgehead atoms. The van der Waals surface area contributed by atoms with Crippen LogP contribution >= 0.6 is 0 Å². The van der Waals surface area contributed by atoms with Gasteiger partial charge in [0.1, 0.15) is 5.76 Å². The van der Waals surface area contributed by atoms with E-state index in [1.807, 2.05) is 6.07 Å². The molecule has 0 amide bonds. The standard InChI is InChI=1S/C21H26N2O2/c1-2-6-17(7-3-1)8-4-12-23(16-20-9-5-13-24-20)15-19-14-21(25-22-19)18-10-11-18/h1-4,6-8,14,18,20H,5,9-13,15-16H2/b8-4+/t20-/m0/s1. The Hall–Kier alpha value is -1.91. The first-order chi connectivity index (χ1) is 12.4. The zero-order chi connectivity index (χ0) is 16.9. The van der Waals surface area contributed by atoms with Crippen molar-refractivity contribution in [2.24, 2.45) is 0 Å². The van der Waals surface area contributed by atoms with Gasteiger partial charge in [-0.1, -0.05) is 47.6 Å². The first kappa shape index (κ1) is 16.6. The molecule has 1 saturated carbocycles. The van der Waals surface area contributed by atoms with Gasteiger partial charge in [0.25, 0.3) is 0 Å². The SMILES string of the molecule is C(=C\c1ccccc1)/CN(Cc1cc(C2CC2)on1)C[C@@H]1CCCO1. The second-order valence-electron chi connectivity index (χ2n) is 7.14. The highest BCUT2D eigenvalue weighted by molar-refractivity contribution is 5.48. The summed E-state index contributed by atoms with van der Waals surface area (Å²) in [5.74, 6) is 1.68. The fraction of sp³-hybridized carbons (Fsp3) is 0.476. The van der Waals surface area contributed by atoms with Gasteiger partial charge in [0, 0.05) is 38.2 Å². The summed E-state index contributed by atoms with van der Waals surface area (Å²) in [6.45, 7) is 3.55. The van der Waals surface area contributed by atoms with Crippen LogP contribution in [0.25, 0.3) is 6.08 Å². The van der Waals surface area contributed by atoms with Gasteiger partial charge in [0.05, 0.1) is 11.8 Å². The van der Waals surface area contributed by atoms with Crippen molar-refractivity contribution in [1.82, 2.24) is 10.1 Å². The Labute approximate surface area is 149 Å². The van der Waals surface area contributed by atoms with Crippen LogP contribution in [0.15, 0.2) is 47.0 Å².